The van der Waals surface area contributed by atoms with E-state index in [1.54, 1.807) is 0 Å². The Morgan fingerprint density at radius 2 is 1.84 bits per heavy atom. The second kappa shape index (κ2) is 7.79. The van der Waals surface area contributed by atoms with Crippen molar-refractivity contribution < 1.29 is 9.18 Å². The predicted molar refractivity (Wildman–Crippen MR) is 98.9 cm³/mol. The van der Waals surface area contributed by atoms with Gasteiger partial charge in [-0.05, 0) is 62.1 Å². The molecule has 0 saturated carbocycles. The van der Waals surface area contributed by atoms with E-state index < -0.39 is 0 Å². The molecule has 0 bridgehead atoms. The number of anilines is 1. The van der Waals surface area contributed by atoms with Crippen LogP contribution in [0.2, 0.25) is 0 Å². The molecule has 1 aliphatic rings. The summed E-state index contributed by atoms with van der Waals surface area (Å²) < 4.78 is 13.0. The minimum atomic E-state index is -0.215. The van der Waals surface area contributed by atoms with Crippen molar-refractivity contribution in [3.63, 3.8) is 0 Å². The fourth-order valence-electron chi connectivity index (χ4n) is 3.50. The lowest BCUT2D eigenvalue weighted by Gasteiger charge is -2.32. The van der Waals surface area contributed by atoms with E-state index in [-0.39, 0.29) is 17.6 Å². The topological polar surface area (TPSA) is 32.3 Å². The number of piperidine rings is 1. The quantitative estimate of drug-likeness (QED) is 0.900. The number of halogens is 1. The van der Waals surface area contributed by atoms with Crippen molar-refractivity contribution in [1.82, 2.24) is 4.90 Å². The van der Waals surface area contributed by atoms with Gasteiger partial charge in [0.15, 0.2) is 0 Å². The highest BCUT2D eigenvalue weighted by Gasteiger charge is 2.26. The van der Waals surface area contributed by atoms with Gasteiger partial charge >= 0.3 is 0 Å². The number of nitrogens with one attached hydrogen (secondary N) is 1. The normalized spacial score (nSPS) is 18.1. The van der Waals surface area contributed by atoms with Crippen LogP contribution in [0.3, 0.4) is 0 Å². The lowest BCUT2D eigenvalue weighted by atomic mass is 9.96. The van der Waals surface area contributed by atoms with E-state index in [0.717, 1.165) is 54.9 Å². The van der Waals surface area contributed by atoms with Gasteiger partial charge in [0, 0.05) is 18.8 Å². The van der Waals surface area contributed by atoms with Crippen LogP contribution >= 0.6 is 0 Å². The van der Waals surface area contributed by atoms with Gasteiger partial charge in [-0.1, -0.05) is 30.3 Å². The average Bonchev–Trinajstić information content (AvgIpc) is 2.60. The third kappa shape index (κ3) is 4.45. The molecule has 1 fully saturated rings. The lowest BCUT2D eigenvalue weighted by molar-refractivity contribution is -0.121. The molecule has 1 saturated heterocycles. The molecule has 25 heavy (non-hydrogen) atoms. The number of hydrogen-bond acceptors (Lipinski definition) is 2. The van der Waals surface area contributed by atoms with Crippen LogP contribution in [0.25, 0.3) is 0 Å². The SMILES string of the molecule is Cc1cccc(C)c1NC(=O)[C@H]1CCCN(Cc2ccc(F)cc2)C1. The summed E-state index contributed by atoms with van der Waals surface area (Å²) in [5.41, 5.74) is 4.19. The van der Waals surface area contributed by atoms with Crippen LogP contribution in [0.1, 0.15) is 29.5 Å². The summed E-state index contributed by atoms with van der Waals surface area (Å²) >= 11 is 0. The number of likely N-dealkylation sites (tertiary alicyclic amines) is 1. The number of nitrogens with zero attached hydrogens (tertiary/aromatic N) is 1. The molecule has 132 valence electrons. The van der Waals surface area contributed by atoms with Gasteiger partial charge in [0.1, 0.15) is 5.82 Å². The molecule has 0 aliphatic carbocycles. The zero-order valence-corrected chi connectivity index (χ0v) is 14.9. The van der Waals surface area contributed by atoms with Gasteiger partial charge in [0.2, 0.25) is 5.91 Å². The van der Waals surface area contributed by atoms with Crippen molar-refractivity contribution in [2.75, 3.05) is 18.4 Å². The smallest absolute Gasteiger partial charge is 0.228 e. The summed E-state index contributed by atoms with van der Waals surface area (Å²) in [5, 5.41) is 3.12. The molecule has 0 radical (unpaired) electrons. The minimum absolute atomic E-state index is 0.00629. The fourth-order valence-corrected chi connectivity index (χ4v) is 3.50. The van der Waals surface area contributed by atoms with Crippen molar-refractivity contribution in [2.24, 2.45) is 5.92 Å². The maximum Gasteiger partial charge on any atom is 0.228 e. The third-order valence-electron chi connectivity index (χ3n) is 4.93. The molecule has 0 spiro atoms. The molecule has 2 aromatic rings. The van der Waals surface area contributed by atoms with E-state index >= 15 is 0 Å². The molecule has 1 amide bonds. The van der Waals surface area contributed by atoms with E-state index in [0.29, 0.717) is 0 Å². The molecule has 0 aromatic heterocycles. The Labute approximate surface area is 148 Å². The first kappa shape index (κ1) is 17.6. The Hall–Kier alpha value is -2.20. The van der Waals surface area contributed by atoms with Crippen LogP contribution in [0, 0.1) is 25.6 Å². The third-order valence-corrected chi connectivity index (χ3v) is 4.93. The van der Waals surface area contributed by atoms with Gasteiger partial charge < -0.3 is 5.32 Å². The number of para-hydroxylation sites is 1. The van der Waals surface area contributed by atoms with Gasteiger partial charge in [-0.2, -0.15) is 0 Å². The van der Waals surface area contributed by atoms with Crippen LogP contribution in [0.5, 0.6) is 0 Å². The van der Waals surface area contributed by atoms with Crippen LogP contribution in [0.15, 0.2) is 42.5 Å². The van der Waals surface area contributed by atoms with Gasteiger partial charge in [-0.25, -0.2) is 4.39 Å². The number of carbonyl (C=O) groups is 1. The van der Waals surface area contributed by atoms with E-state index in [1.807, 2.05) is 44.2 Å². The van der Waals surface area contributed by atoms with E-state index in [4.69, 9.17) is 0 Å². The van der Waals surface area contributed by atoms with Crippen LogP contribution in [-0.2, 0) is 11.3 Å². The molecule has 1 atom stereocenters. The first-order chi connectivity index (χ1) is 12.0. The van der Waals surface area contributed by atoms with Gasteiger partial charge in [0.05, 0.1) is 5.92 Å². The van der Waals surface area contributed by atoms with Crippen molar-refractivity contribution >= 4 is 11.6 Å². The Kier molecular flexibility index (Phi) is 5.49. The molecule has 1 N–H and O–H groups in total. The first-order valence-corrected chi connectivity index (χ1v) is 8.87. The van der Waals surface area contributed by atoms with E-state index in [1.165, 1.54) is 12.1 Å². The van der Waals surface area contributed by atoms with Gasteiger partial charge in [-0.15, -0.1) is 0 Å². The molecule has 4 heteroatoms. The van der Waals surface area contributed by atoms with Crippen LogP contribution in [0.4, 0.5) is 10.1 Å². The molecule has 2 aromatic carbocycles. The molecule has 1 aliphatic heterocycles. The zero-order valence-electron chi connectivity index (χ0n) is 14.9. The van der Waals surface area contributed by atoms with Crippen molar-refractivity contribution in [2.45, 2.75) is 33.2 Å². The lowest BCUT2D eigenvalue weighted by Crippen LogP contribution is -2.40. The molecular formula is C21H25FN2O. The average molecular weight is 340 g/mol. The molecule has 0 unspecified atom stereocenters. The maximum absolute atomic E-state index is 13.0. The molecule has 3 rings (SSSR count). The van der Waals surface area contributed by atoms with E-state index in [9.17, 15) is 9.18 Å². The summed E-state index contributed by atoms with van der Waals surface area (Å²) in [5.74, 6) is -0.123. The molecular weight excluding hydrogens is 315 g/mol. The molecule has 1 heterocycles. The Morgan fingerprint density at radius 1 is 1.16 bits per heavy atom. The largest absolute Gasteiger partial charge is 0.325 e. The van der Waals surface area contributed by atoms with Crippen LogP contribution in [-0.4, -0.2) is 23.9 Å². The van der Waals surface area contributed by atoms with Crippen molar-refractivity contribution in [1.29, 1.82) is 0 Å². The Balaban J connectivity index is 1.62. The van der Waals surface area contributed by atoms with Crippen molar-refractivity contribution in [3.8, 4) is 0 Å². The minimum Gasteiger partial charge on any atom is -0.325 e. The second-order valence-corrected chi connectivity index (χ2v) is 6.96. The number of rotatable bonds is 4. The van der Waals surface area contributed by atoms with Crippen molar-refractivity contribution in [3.05, 3.63) is 65.0 Å². The second-order valence-electron chi connectivity index (χ2n) is 6.96. The summed E-state index contributed by atoms with van der Waals surface area (Å²) in [7, 11) is 0. The summed E-state index contributed by atoms with van der Waals surface area (Å²) in [6, 6.07) is 12.7. The number of carbonyl (C=O) groups excluding carboxylic acids is 1. The Bertz CT molecular complexity index is 722. The number of hydrogen-bond donors (Lipinski definition) is 1. The van der Waals surface area contributed by atoms with Crippen LogP contribution < -0.4 is 5.32 Å². The predicted octanol–water partition coefficient (Wildman–Crippen LogP) is 4.29. The highest BCUT2D eigenvalue weighted by Crippen LogP contribution is 2.24. The summed E-state index contributed by atoms with van der Waals surface area (Å²) in [4.78, 5) is 15.0. The van der Waals surface area contributed by atoms with Gasteiger partial charge in [0.25, 0.3) is 0 Å². The maximum atomic E-state index is 13.0. The standard InChI is InChI=1S/C21H25FN2O/c1-15-5-3-6-16(2)20(15)23-21(25)18-7-4-12-24(14-18)13-17-8-10-19(22)11-9-17/h3,5-6,8-11,18H,4,7,12-14H2,1-2H3,(H,23,25)/t18-/m0/s1. The highest BCUT2D eigenvalue weighted by molar-refractivity contribution is 5.94. The molecule has 3 nitrogen and oxygen atoms in total. The fraction of sp³-hybridized carbons (Fsp3) is 0.381. The number of aryl methyl sites for hydroxylation is 2. The van der Waals surface area contributed by atoms with Gasteiger partial charge in [-0.3, -0.25) is 9.69 Å². The monoisotopic (exact) mass is 340 g/mol. The summed E-state index contributed by atoms with van der Waals surface area (Å²) in [6.45, 7) is 6.51. The zero-order chi connectivity index (χ0) is 17.8. The number of benzene rings is 2. The number of amides is 1. The highest BCUT2D eigenvalue weighted by atomic mass is 19.1. The Morgan fingerprint density at radius 3 is 2.52 bits per heavy atom. The summed E-state index contributed by atoms with van der Waals surface area (Å²) in [6.07, 6.45) is 1.92. The van der Waals surface area contributed by atoms with E-state index in [2.05, 4.69) is 10.2 Å². The first-order valence-electron chi connectivity index (χ1n) is 8.87.